The van der Waals surface area contributed by atoms with E-state index in [4.69, 9.17) is 44.5 Å². The summed E-state index contributed by atoms with van der Waals surface area (Å²) in [4.78, 5) is 51.9. The van der Waals surface area contributed by atoms with Crippen molar-refractivity contribution in [2.75, 3.05) is 52.7 Å². The van der Waals surface area contributed by atoms with Crippen LogP contribution < -0.4 is 28.4 Å². The predicted octanol–water partition coefficient (Wildman–Crippen LogP) is 16.5. The summed E-state index contributed by atoms with van der Waals surface area (Å²) in [6.45, 7) is 37.4. The Kier molecular flexibility index (Phi) is 32.8. The van der Waals surface area contributed by atoms with Gasteiger partial charge in [0.15, 0.2) is 6.10 Å². The van der Waals surface area contributed by atoms with Crippen molar-refractivity contribution in [3.05, 3.63) is 230 Å². The van der Waals surface area contributed by atoms with Gasteiger partial charge in [0.1, 0.15) is 73.1 Å². The standard InChI is InChI=1S/C34H34N4O4S.C32H38N4O6S.C29H34N2O7S/c1-33(2,23-35)31(25-13-17-37-18-14-25)21-41-27-5-9-29(10-6-27)43(39,40)30-11-7-28(8-12-30)42-22-32(34(3,4)24-36)26-15-19-38-20-16-26;1-31(2,22-33)27(35-18-6-8-29(35)37)20-41-23-10-14-25(15-11-23)43(39,40)26-16-12-24(13-17-26)42-21-28(32(3,4)34-5)36-19-7-9-30(36)38;1-20(2)37-26(28(4,5)18-30)16-35-22-8-12-24(13-9-22)39(33,34)25-14-10-23(11-15-25)36-17-27(38-21(3)32)29(6,7)19-31/h5-20,31-32H,21-22H2,1-4H3;10-17,27-28H,6-9,18-21H2,1-4H3;8-15,26-27H,1,16-17H2,2-7H3. The van der Waals surface area contributed by atoms with Crippen LogP contribution in [0.1, 0.15) is 146 Å². The van der Waals surface area contributed by atoms with Gasteiger partial charge in [-0.25, -0.2) is 31.8 Å². The lowest BCUT2D eigenvalue weighted by atomic mass is 9.77. The average molecular weight is 1760 g/mol. The quantitative estimate of drug-likeness (QED) is 0.0198. The maximum absolute atomic E-state index is 13.3. The van der Waals surface area contributed by atoms with Gasteiger partial charge in [0.2, 0.25) is 46.9 Å². The molecule has 0 N–H and O–H groups in total. The van der Waals surface area contributed by atoms with Crippen LogP contribution in [-0.4, -0.2) is 145 Å². The van der Waals surface area contributed by atoms with E-state index < -0.39 is 92.4 Å². The van der Waals surface area contributed by atoms with E-state index in [1.165, 1.54) is 104 Å². The zero-order valence-corrected chi connectivity index (χ0v) is 75.2. The van der Waals surface area contributed by atoms with Gasteiger partial charge >= 0.3 is 5.97 Å². The van der Waals surface area contributed by atoms with Gasteiger partial charge in [-0.1, -0.05) is 6.58 Å². The molecule has 0 bridgehead atoms. The summed E-state index contributed by atoms with van der Waals surface area (Å²) < 4.78 is 126. The number of benzene rings is 6. The van der Waals surface area contributed by atoms with Crippen molar-refractivity contribution < 1.29 is 77.5 Å². The van der Waals surface area contributed by atoms with Crippen molar-refractivity contribution in [3.8, 4) is 64.8 Å². The number of ether oxygens (including phenoxy) is 8. The van der Waals surface area contributed by atoms with E-state index in [0.29, 0.717) is 66.2 Å². The summed E-state index contributed by atoms with van der Waals surface area (Å²) in [7, 11) is -11.4. The molecule has 0 radical (unpaired) electrons. The van der Waals surface area contributed by atoms with Crippen molar-refractivity contribution in [1.82, 2.24) is 19.8 Å². The fraction of sp³-hybridized carbons (Fsp3) is 0.400. The molecule has 6 aromatic carbocycles. The predicted molar refractivity (Wildman–Crippen MR) is 464 cm³/mol. The summed E-state index contributed by atoms with van der Waals surface area (Å²) in [6.07, 6.45) is 7.77. The van der Waals surface area contributed by atoms with E-state index in [9.17, 15) is 65.9 Å². The Bertz CT molecular complexity index is 5350. The summed E-state index contributed by atoms with van der Waals surface area (Å²) in [5.74, 6) is 2.16. The summed E-state index contributed by atoms with van der Waals surface area (Å²) in [6, 6.07) is 54.2. The first kappa shape index (κ1) is 97.6. The zero-order valence-electron chi connectivity index (χ0n) is 72.8. The minimum absolute atomic E-state index is 0.00325. The SMILES string of the molecule is C=C(C)OC(COc1ccc(S(=O)(=O)c2ccc(OCC(OC(C)=O)C(C)(C)C#N)cc2)cc1)C(C)(C)C#N.CC(C)(C#N)C(COc1ccc(S(=O)(=O)c2ccc(OCC(c3ccncc3)C(C)(C)C#N)cc2)cc1)c1ccncc1.[C-]#[N+]C(C)(C)C(COc1ccc(S(=O)(=O)c2ccc(OCC(N3CCCC3=O)C(C)(C)C#N)cc2)cc1)N1CCCC1=O. The van der Waals surface area contributed by atoms with Crippen LogP contribution >= 0.6 is 0 Å². The van der Waals surface area contributed by atoms with Gasteiger partial charge < -0.3 is 52.5 Å². The van der Waals surface area contributed by atoms with Crippen molar-refractivity contribution in [2.45, 2.75) is 194 Å². The van der Waals surface area contributed by atoms with E-state index in [-0.39, 0.29) is 92.7 Å². The molecule has 2 aliphatic heterocycles. The highest BCUT2D eigenvalue weighted by molar-refractivity contribution is 7.92. The molecule has 30 heteroatoms. The van der Waals surface area contributed by atoms with Crippen molar-refractivity contribution >= 4 is 47.3 Å². The lowest BCUT2D eigenvalue weighted by Crippen LogP contribution is -2.51. The lowest BCUT2D eigenvalue weighted by molar-refractivity contribution is -0.152. The largest absolute Gasteiger partial charge is 0.493 e. The topological polar surface area (TPSA) is 383 Å². The second-order valence-electron chi connectivity index (χ2n) is 33.6. The van der Waals surface area contributed by atoms with Crippen molar-refractivity contribution in [1.29, 1.82) is 26.3 Å². The highest BCUT2D eigenvalue weighted by Crippen LogP contribution is 2.40. The Morgan fingerprint density at radius 3 is 0.904 bits per heavy atom. The summed E-state index contributed by atoms with van der Waals surface area (Å²) >= 11 is 0. The van der Waals surface area contributed by atoms with Gasteiger partial charge in [-0.2, -0.15) is 26.3 Å². The van der Waals surface area contributed by atoms with Crippen molar-refractivity contribution in [2.24, 2.45) is 27.1 Å². The van der Waals surface area contributed by atoms with Crippen LogP contribution in [0.15, 0.2) is 236 Å². The Hall–Kier alpha value is -12.8. The first-order chi connectivity index (χ1) is 58.9. The monoisotopic (exact) mass is 1750 g/mol. The van der Waals surface area contributed by atoms with Crippen LogP contribution in [0.5, 0.6) is 34.5 Å². The Balaban J connectivity index is 0.000000233. The Labute approximate surface area is 734 Å². The Morgan fingerprint density at radius 2 is 0.656 bits per heavy atom. The molecule has 2 aromatic heterocycles. The number of nitriles is 5. The molecular weight excluding hydrogens is 1650 g/mol. The van der Waals surface area contributed by atoms with Crippen molar-refractivity contribution in [3.63, 3.8) is 0 Å². The van der Waals surface area contributed by atoms with E-state index >= 15 is 0 Å². The highest BCUT2D eigenvalue weighted by Gasteiger charge is 2.45. The summed E-state index contributed by atoms with van der Waals surface area (Å²) in [5, 5.41) is 47.9. The van der Waals surface area contributed by atoms with Crippen LogP contribution in [0.3, 0.4) is 0 Å². The first-order valence-electron chi connectivity index (χ1n) is 40.4. The molecule has 0 saturated carbocycles. The van der Waals surface area contributed by atoms with Gasteiger partial charge in [0.25, 0.3) is 0 Å². The minimum Gasteiger partial charge on any atom is -0.493 e. The number of rotatable bonds is 37. The Morgan fingerprint density at radius 1 is 0.400 bits per heavy atom. The van der Waals surface area contributed by atoms with Gasteiger partial charge in [0.05, 0.1) is 112 Å². The number of pyridine rings is 2. The number of carbonyl (C=O) groups excluding carboxylic acids is 3. The molecule has 0 aliphatic carbocycles. The van der Waals surface area contributed by atoms with Gasteiger partial charge in [-0.15, -0.1) is 0 Å². The number of likely N-dealkylation sites (tertiary alicyclic amines) is 2. The highest BCUT2D eigenvalue weighted by atomic mass is 32.2. The van der Waals surface area contributed by atoms with E-state index in [1.807, 2.05) is 52.0 Å². The minimum atomic E-state index is -3.83. The smallest absolute Gasteiger partial charge is 0.303 e. The molecule has 2 saturated heterocycles. The molecule has 125 heavy (non-hydrogen) atoms. The normalized spacial score (nSPS) is 14.7. The number of hydrogen-bond donors (Lipinski definition) is 0. The molecule has 8 aromatic rings. The van der Waals surface area contributed by atoms with E-state index in [1.54, 1.807) is 145 Å². The molecule has 2 aliphatic rings. The number of nitrogens with zero attached hydrogens (tertiary/aromatic N) is 10. The third-order valence-corrected chi connectivity index (χ3v) is 27.2. The summed E-state index contributed by atoms with van der Waals surface area (Å²) in [5.41, 5.74) is -2.96. The lowest BCUT2D eigenvalue weighted by Gasteiger charge is -2.35. The van der Waals surface area contributed by atoms with Crippen LogP contribution in [0.4, 0.5) is 0 Å². The van der Waals surface area contributed by atoms with Crippen LogP contribution in [0.2, 0.25) is 0 Å². The van der Waals surface area contributed by atoms with Crippen LogP contribution in [-0.2, 0) is 53.4 Å². The van der Waals surface area contributed by atoms with Gasteiger partial charge in [0, 0.05) is 83.3 Å². The average Bonchev–Trinajstić information content (AvgIpc) is 1.54. The molecule has 2 fully saturated rings. The van der Waals surface area contributed by atoms with Gasteiger partial charge in [-0.05, 0) is 270 Å². The third kappa shape index (κ3) is 25.7. The fourth-order valence-electron chi connectivity index (χ4n) is 13.4. The van der Waals surface area contributed by atoms with Gasteiger partial charge in [-0.3, -0.25) is 24.4 Å². The molecule has 4 heterocycles. The maximum Gasteiger partial charge on any atom is 0.303 e. The number of carbonyl (C=O) groups is 3. The fourth-order valence-corrected chi connectivity index (χ4v) is 17.2. The van der Waals surface area contributed by atoms with E-state index in [2.05, 4.69) is 51.7 Å². The molecule has 2 amide bonds. The molecular formula is C95H106N10O17S3. The molecule has 6 atom stereocenters. The molecule has 27 nitrogen and oxygen atoms in total. The molecule has 0 spiro atoms. The maximum atomic E-state index is 13.3. The molecule has 6 unspecified atom stereocenters. The van der Waals surface area contributed by atoms with Crippen LogP contribution in [0.25, 0.3) is 4.85 Å². The number of hydrogen-bond acceptors (Lipinski definition) is 24. The zero-order chi connectivity index (χ0) is 91.9. The first-order valence-corrected chi connectivity index (χ1v) is 44.8. The number of aromatic nitrogens is 2. The van der Waals surface area contributed by atoms with Crippen LogP contribution in [0, 0.1) is 90.3 Å². The van der Waals surface area contributed by atoms with E-state index in [0.717, 1.165) is 24.0 Å². The third-order valence-electron chi connectivity index (χ3n) is 21.8. The number of allylic oxidation sites excluding steroid dienone is 1. The number of amides is 2. The second-order valence-corrected chi connectivity index (χ2v) is 39.5. The number of esters is 1. The molecule has 656 valence electrons. The number of sulfone groups is 3. The molecule has 10 rings (SSSR count). The second kappa shape index (κ2) is 42.0.